The van der Waals surface area contributed by atoms with E-state index in [1.165, 1.54) is 0 Å². The molecule has 0 atom stereocenters. The van der Waals surface area contributed by atoms with E-state index in [9.17, 15) is 4.79 Å². The van der Waals surface area contributed by atoms with Crippen LogP contribution in [0.4, 0.5) is 0 Å². The molecule has 14 heavy (non-hydrogen) atoms. The van der Waals surface area contributed by atoms with Crippen molar-refractivity contribution in [3.63, 3.8) is 0 Å². The number of carboxylic acids is 1. The summed E-state index contributed by atoms with van der Waals surface area (Å²) in [5, 5.41) is 11.9. The van der Waals surface area contributed by atoms with Crippen molar-refractivity contribution in [3.05, 3.63) is 0 Å². The number of hydrogen-bond donors (Lipinski definition) is 2. The zero-order chi connectivity index (χ0) is 11.2. The van der Waals surface area contributed by atoms with Crippen molar-refractivity contribution in [1.29, 1.82) is 0 Å². The molecule has 0 spiro atoms. The van der Waals surface area contributed by atoms with Crippen LogP contribution >= 0.6 is 0 Å². The minimum absolute atomic E-state index is 0.169. The molecular formula is C10H22N2O2. The van der Waals surface area contributed by atoms with Crippen LogP contribution in [0.3, 0.4) is 0 Å². The summed E-state index contributed by atoms with van der Waals surface area (Å²) in [7, 11) is 4.04. The van der Waals surface area contributed by atoms with Crippen LogP contribution in [0, 0.1) is 5.41 Å². The number of carbonyl (C=O) groups is 1. The highest BCUT2D eigenvalue weighted by atomic mass is 16.4. The molecule has 0 aromatic carbocycles. The summed E-state index contributed by atoms with van der Waals surface area (Å²) in [5.41, 5.74) is -0.169. The summed E-state index contributed by atoms with van der Waals surface area (Å²) in [6, 6.07) is 0. The maximum Gasteiger partial charge on any atom is 0.303 e. The minimum atomic E-state index is -0.732. The average Bonchev–Trinajstić information content (AvgIpc) is 1.95. The molecule has 2 N–H and O–H groups in total. The monoisotopic (exact) mass is 202 g/mol. The molecule has 0 saturated carbocycles. The van der Waals surface area contributed by atoms with Crippen molar-refractivity contribution in [2.45, 2.75) is 20.3 Å². The van der Waals surface area contributed by atoms with Gasteiger partial charge in [-0.2, -0.15) is 0 Å². The summed E-state index contributed by atoms with van der Waals surface area (Å²) in [5.74, 6) is -0.732. The largest absolute Gasteiger partial charge is 0.481 e. The predicted molar refractivity (Wildman–Crippen MR) is 57.5 cm³/mol. The van der Waals surface area contributed by atoms with E-state index in [2.05, 4.69) is 10.2 Å². The standard InChI is InChI=1S/C10H22N2O2/c1-10(2,7-9(13)14)8-11-5-6-12(3)4/h11H,5-8H2,1-4H3,(H,13,14). The van der Waals surface area contributed by atoms with E-state index in [-0.39, 0.29) is 11.8 Å². The second kappa shape index (κ2) is 5.98. The lowest BCUT2D eigenvalue weighted by Gasteiger charge is -2.23. The topological polar surface area (TPSA) is 52.6 Å². The Bertz CT molecular complexity index is 179. The summed E-state index contributed by atoms with van der Waals surface area (Å²) >= 11 is 0. The van der Waals surface area contributed by atoms with Gasteiger partial charge in [0.25, 0.3) is 0 Å². The van der Waals surface area contributed by atoms with Gasteiger partial charge in [0.15, 0.2) is 0 Å². The van der Waals surface area contributed by atoms with Crippen LogP contribution in [0.5, 0.6) is 0 Å². The van der Waals surface area contributed by atoms with Crippen LogP contribution in [0.1, 0.15) is 20.3 Å². The molecule has 0 amide bonds. The number of nitrogens with zero attached hydrogens (tertiary/aromatic N) is 1. The normalized spacial score (nSPS) is 12.1. The van der Waals surface area contributed by atoms with E-state index in [0.717, 1.165) is 19.6 Å². The third-order valence-corrected chi connectivity index (χ3v) is 1.97. The maximum atomic E-state index is 10.5. The molecule has 0 aromatic rings. The van der Waals surface area contributed by atoms with Crippen molar-refractivity contribution < 1.29 is 9.90 Å². The third-order valence-electron chi connectivity index (χ3n) is 1.97. The van der Waals surface area contributed by atoms with Crippen LogP contribution < -0.4 is 5.32 Å². The summed E-state index contributed by atoms with van der Waals surface area (Å²) < 4.78 is 0. The summed E-state index contributed by atoms with van der Waals surface area (Å²) in [4.78, 5) is 12.6. The van der Waals surface area contributed by atoms with E-state index in [1.54, 1.807) is 0 Å². The van der Waals surface area contributed by atoms with Gasteiger partial charge in [0.05, 0.1) is 6.42 Å². The fraction of sp³-hybridized carbons (Fsp3) is 0.900. The van der Waals surface area contributed by atoms with E-state index >= 15 is 0 Å². The zero-order valence-corrected chi connectivity index (χ0v) is 9.63. The molecule has 0 heterocycles. The molecule has 0 saturated heterocycles. The fourth-order valence-corrected chi connectivity index (χ4v) is 1.20. The molecule has 0 rings (SSSR count). The molecule has 0 unspecified atom stereocenters. The van der Waals surface area contributed by atoms with Gasteiger partial charge < -0.3 is 15.3 Å². The molecule has 0 radical (unpaired) electrons. The average molecular weight is 202 g/mol. The fourth-order valence-electron chi connectivity index (χ4n) is 1.20. The maximum absolute atomic E-state index is 10.5. The van der Waals surface area contributed by atoms with Gasteiger partial charge in [-0.25, -0.2) is 0 Å². The smallest absolute Gasteiger partial charge is 0.303 e. The van der Waals surface area contributed by atoms with Crippen molar-refractivity contribution in [2.24, 2.45) is 5.41 Å². The summed E-state index contributed by atoms with van der Waals surface area (Å²) in [6.45, 7) is 6.54. The molecular weight excluding hydrogens is 180 g/mol. The first kappa shape index (κ1) is 13.4. The molecule has 0 aliphatic rings. The van der Waals surface area contributed by atoms with Gasteiger partial charge in [-0.3, -0.25) is 4.79 Å². The van der Waals surface area contributed by atoms with Gasteiger partial charge in [0, 0.05) is 19.6 Å². The van der Waals surface area contributed by atoms with Gasteiger partial charge >= 0.3 is 5.97 Å². The van der Waals surface area contributed by atoms with Gasteiger partial charge in [0.1, 0.15) is 0 Å². The Labute approximate surface area is 86.3 Å². The predicted octanol–water partition coefficient (Wildman–Crippen LogP) is 0.639. The quantitative estimate of drug-likeness (QED) is 0.595. The molecule has 0 aliphatic heterocycles. The molecule has 4 nitrogen and oxygen atoms in total. The molecule has 0 bridgehead atoms. The third kappa shape index (κ3) is 8.01. The lowest BCUT2D eigenvalue weighted by Crippen LogP contribution is -2.35. The Morgan fingerprint density at radius 2 is 2.00 bits per heavy atom. The second-order valence-electron chi connectivity index (χ2n) is 4.71. The Morgan fingerprint density at radius 3 is 2.43 bits per heavy atom. The molecule has 4 heteroatoms. The zero-order valence-electron chi connectivity index (χ0n) is 9.63. The van der Waals surface area contributed by atoms with Gasteiger partial charge in [-0.05, 0) is 19.5 Å². The summed E-state index contributed by atoms with van der Waals surface area (Å²) in [6.07, 6.45) is 0.210. The molecule has 0 fully saturated rings. The number of carboxylic acid groups (broad SMARTS) is 1. The molecule has 0 aliphatic carbocycles. The van der Waals surface area contributed by atoms with Crippen LogP contribution in [-0.4, -0.2) is 49.7 Å². The van der Waals surface area contributed by atoms with Crippen LogP contribution in [0.15, 0.2) is 0 Å². The molecule has 0 aromatic heterocycles. The van der Waals surface area contributed by atoms with E-state index < -0.39 is 5.97 Å². The lowest BCUT2D eigenvalue weighted by molar-refractivity contribution is -0.139. The van der Waals surface area contributed by atoms with Crippen LogP contribution in [-0.2, 0) is 4.79 Å². The Balaban J connectivity index is 3.60. The van der Waals surface area contributed by atoms with Crippen LogP contribution in [0.25, 0.3) is 0 Å². The second-order valence-corrected chi connectivity index (χ2v) is 4.71. The van der Waals surface area contributed by atoms with Crippen molar-refractivity contribution in [2.75, 3.05) is 33.7 Å². The van der Waals surface area contributed by atoms with Crippen molar-refractivity contribution in [1.82, 2.24) is 10.2 Å². The minimum Gasteiger partial charge on any atom is -0.481 e. The molecule has 84 valence electrons. The first-order valence-corrected chi connectivity index (χ1v) is 4.91. The first-order valence-electron chi connectivity index (χ1n) is 4.91. The number of aliphatic carboxylic acids is 1. The Morgan fingerprint density at radius 1 is 1.43 bits per heavy atom. The van der Waals surface area contributed by atoms with E-state index in [1.807, 2.05) is 27.9 Å². The van der Waals surface area contributed by atoms with Gasteiger partial charge in [-0.1, -0.05) is 13.8 Å². The number of likely N-dealkylation sites (N-methyl/N-ethyl adjacent to an activating group) is 1. The van der Waals surface area contributed by atoms with Crippen LogP contribution in [0.2, 0.25) is 0 Å². The van der Waals surface area contributed by atoms with Gasteiger partial charge in [-0.15, -0.1) is 0 Å². The lowest BCUT2D eigenvalue weighted by atomic mass is 9.89. The highest BCUT2D eigenvalue weighted by Crippen LogP contribution is 2.18. The number of rotatable bonds is 7. The first-order chi connectivity index (χ1) is 6.33. The number of nitrogens with one attached hydrogen (secondary N) is 1. The SMILES string of the molecule is CN(C)CCNCC(C)(C)CC(=O)O. The van der Waals surface area contributed by atoms with Crippen molar-refractivity contribution >= 4 is 5.97 Å². The Hall–Kier alpha value is -0.610. The Kier molecular flexibility index (Phi) is 5.72. The van der Waals surface area contributed by atoms with E-state index in [0.29, 0.717) is 0 Å². The number of hydrogen-bond acceptors (Lipinski definition) is 3. The van der Waals surface area contributed by atoms with Gasteiger partial charge in [0.2, 0.25) is 0 Å². The highest BCUT2D eigenvalue weighted by molar-refractivity contribution is 5.67. The van der Waals surface area contributed by atoms with E-state index in [4.69, 9.17) is 5.11 Å². The highest BCUT2D eigenvalue weighted by Gasteiger charge is 2.20. The van der Waals surface area contributed by atoms with Crippen molar-refractivity contribution in [3.8, 4) is 0 Å².